The van der Waals surface area contributed by atoms with Crippen molar-refractivity contribution < 1.29 is 18.7 Å². The van der Waals surface area contributed by atoms with Crippen molar-refractivity contribution in [3.63, 3.8) is 0 Å². The van der Waals surface area contributed by atoms with E-state index in [1.165, 1.54) is 6.07 Å². The van der Waals surface area contributed by atoms with Crippen molar-refractivity contribution in [3.05, 3.63) is 35.6 Å². The lowest BCUT2D eigenvalue weighted by Crippen LogP contribution is -2.47. The highest BCUT2D eigenvalue weighted by atomic mass is 19.1. The molecule has 1 fully saturated rings. The lowest BCUT2D eigenvalue weighted by atomic mass is 9.72. The van der Waals surface area contributed by atoms with E-state index in [0.717, 1.165) is 0 Å². The van der Waals surface area contributed by atoms with Gasteiger partial charge >= 0.3 is 5.97 Å². The van der Waals surface area contributed by atoms with E-state index in [4.69, 9.17) is 4.74 Å². The van der Waals surface area contributed by atoms with Gasteiger partial charge in [0.2, 0.25) is 5.91 Å². The predicted octanol–water partition coefficient (Wildman–Crippen LogP) is 1.93. The number of benzene rings is 1. The molecule has 0 spiro atoms. The summed E-state index contributed by atoms with van der Waals surface area (Å²) in [5, 5.41) is 2.63. The molecule has 1 aliphatic rings. The minimum atomic E-state index is -0.880. The molecule has 20 heavy (non-hydrogen) atoms. The Labute approximate surface area is 117 Å². The SMILES string of the molecule is CCOC(=O)C1NC(=O)CC1(CC)c1ccccc1F. The van der Waals surface area contributed by atoms with Gasteiger partial charge in [0.05, 0.1) is 6.61 Å². The fourth-order valence-corrected chi connectivity index (χ4v) is 2.88. The van der Waals surface area contributed by atoms with E-state index in [2.05, 4.69) is 5.32 Å². The van der Waals surface area contributed by atoms with E-state index >= 15 is 0 Å². The van der Waals surface area contributed by atoms with E-state index in [-0.39, 0.29) is 18.9 Å². The van der Waals surface area contributed by atoms with Crippen molar-refractivity contribution in [2.45, 2.75) is 38.1 Å². The molecule has 0 radical (unpaired) electrons. The molecule has 1 N–H and O–H groups in total. The van der Waals surface area contributed by atoms with Crippen molar-refractivity contribution in [3.8, 4) is 0 Å². The predicted molar refractivity (Wildman–Crippen MR) is 71.5 cm³/mol. The number of hydrogen-bond acceptors (Lipinski definition) is 3. The van der Waals surface area contributed by atoms with Crippen LogP contribution in [-0.4, -0.2) is 24.5 Å². The summed E-state index contributed by atoms with van der Waals surface area (Å²) in [4.78, 5) is 23.9. The summed E-state index contributed by atoms with van der Waals surface area (Å²) in [6.07, 6.45) is 0.560. The molecule has 0 bridgehead atoms. The Bertz CT molecular complexity index is 532. The van der Waals surface area contributed by atoms with Gasteiger partial charge in [-0.2, -0.15) is 0 Å². The maximum atomic E-state index is 14.1. The number of nitrogens with one attached hydrogen (secondary N) is 1. The average Bonchev–Trinajstić information content (AvgIpc) is 2.77. The van der Waals surface area contributed by atoms with Gasteiger partial charge in [0.25, 0.3) is 0 Å². The molecule has 1 heterocycles. The fraction of sp³-hybridized carbons (Fsp3) is 0.467. The van der Waals surface area contributed by atoms with Gasteiger partial charge in [-0.15, -0.1) is 0 Å². The maximum absolute atomic E-state index is 14.1. The Balaban J connectivity index is 2.49. The van der Waals surface area contributed by atoms with E-state index in [0.29, 0.717) is 12.0 Å². The topological polar surface area (TPSA) is 55.4 Å². The van der Waals surface area contributed by atoms with Crippen molar-refractivity contribution >= 4 is 11.9 Å². The highest BCUT2D eigenvalue weighted by Crippen LogP contribution is 2.40. The van der Waals surface area contributed by atoms with Crippen LogP contribution in [0.3, 0.4) is 0 Å². The van der Waals surface area contributed by atoms with Crippen LogP contribution in [0, 0.1) is 5.82 Å². The molecular formula is C15H18FNO3. The Kier molecular flexibility index (Phi) is 4.06. The normalized spacial score (nSPS) is 25.4. The van der Waals surface area contributed by atoms with Gasteiger partial charge in [-0.25, -0.2) is 9.18 Å². The number of esters is 1. The number of halogens is 1. The van der Waals surface area contributed by atoms with Gasteiger partial charge in [0.15, 0.2) is 0 Å². The molecule has 0 aliphatic carbocycles. The number of hydrogen-bond donors (Lipinski definition) is 1. The molecule has 0 saturated carbocycles. The molecule has 1 saturated heterocycles. The number of carbonyl (C=O) groups is 2. The molecule has 1 amide bonds. The first-order chi connectivity index (χ1) is 9.55. The molecule has 4 nitrogen and oxygen atoms in total. The van der Waals surface area contributed by atoms with Crippen LogP contribution in [0.5, 0.6) is 0 Å². The zero-order valence-corrected chi connectivity index (χ0v) is 11.6. The average molecular weight is 279 g/mol. The minimum absolute atomic E-state index is 0.0912. The molecule has 5 heteroatoms. The Hall–Kier alpha value is -1.91. The smallest absolute Gasteiger partial charge is 0.329 e. The lowest BCUT2D eigenvalue weighted by Gasteiger charge is -2.32. The molecule has 2 unspecified atom stereocenters. The first kappa shape index (κ1) is 14.5. The fourth-order valence-electron chi connectivity index (χ4n) is 2.88. The van der Waals surface area contributed by atoms with Gasteiger partial charge in [0, 0.05) is 11.8 Å². The third-order valence-electron chi connectivity index (χ3n) is 3.90. The van der Waals surface area contributed by atoms with Crippen LogP contribution in [0.1, 0.15) is 32.3 Å². The third-order valence-corrected chi connectivity index (χ3v) is 3.90. The van der Waals surface area contributed by atoms with Gasteiger partial charge in [-0.1, -0.05) is 25.1 Å². The van der Waals surface area contributed by atoms with E-state index < -0.39 is 23.2 Å². The van der Waals surface area contributed by atoms with E-state index in [1.807, 2.05) is 6.92 Å². The van der Waals surface area contributed by atoms with Gasteiger partial charge in [-0.3, -0.25) is 4.79 Å². The summed E-state index contributed by atoms with van der Waals surface area (Å²) in [6.45, 7) is 3.77. The first-order valence-corrected chi connectivity index (χ1v) is 6.76. The highest BCUT2D eigenvalue weighted by molar-refractivity contribution is 5.91. The van der Waals surface area contributed by atoms with Crippen LogP contribution < -0.4 is 5.32 Å². The molecule has 1 aromatic rings. The van der Waals surface area contributed by atoms with Crippen molar-refractivity contribution in [2.75, 3.05) is 6.61 Å². The third kappa shape index (κ3) is 2.28. The van der Waals surface area contributed by atoms with Crippen LogP contribution in [0.2, 0.25) is 0 Å². The maximum Gasteiger partial charge on any atom is 0.329 e. The van der Waals surface area contributed by atoms with E-state index in [1.54, 1.807) is 25.1 Å². The molecule has 2 rings (SSSR count). The second-order valence-corrected chi connectivity index (χ2v) is 4.92. The zero-order valence-electron chi connectivity index (χ0n) is 11.6. The van der Waals surface area contributed by atoms with Crippen LogP contribution >= 0.6 is 0 Å². The van der Waals surface area contributed by atoms with Gasteiger partial charge in [-0.05, 0) is 25.0 Å². The van der Waals surface area contributed by atoms with Crippen LogP contribution in [0.25, 0.3) is 0 Å². The number of amides is 1. The molecule has 1 aliphatic heterocycles. The molecular weight excluding hydrogens is 261 g/mol. The van der Waals surface area contributed by atoms with Gasteiger partial charge < -0.3 is 10.1 Å². The number of rotatable bonds is 4. The monoisotopic (exact) mass is 279 g/mol. The molecule has 1 aromatic carbocycles. The summed E-state index contributed by atoms with van der Waals surface area (Å²) in [5.74, 6) is -1.17. The summed E-state index contributed by atoms with van der Waals surface area (Å²) < 4.78 is 19.1. The Morgan fingerprint density at radius 1 is 1.45 bits per heavy atom. The van der Waals surface area contributed by atoms with Crippen molar-refractivity contribution in [1.29, 1.82) is 0 Å². The van der Waals surface area contributed by atoms with Crippen LogP contribution in [-0.2, 0) is 19.7 Å². The summed E-state index contributed by atoms with van der Waals surface area (Å²) in [6, 6.07) is 5.44. The van der Waals surface area contributed by atoms with Crippen molar-refractivity contribution in [2.24, 2.45) is 0 Å². The standard InChI is InChI=1S/C15H18FNO3/c1-3-15(10-7-5-6-8-11(10)16)9-12(18)17-13(15)14(19)20-4-2/h5-8,13H,3-4,9H2,1-2H3,(H,17,18). The highest BCUT2D eigenvalue weighted by Gasteiger charge is 2.52. The first-order valence-electron chi connectivity index (χ1n) is 6.76. The molecule has 108 valence electrons. The largest absolute Gasteiger partial charge is 0.464 e. The van der Waals surface area contributed by atoms with Crippen molar-refractivity contribution in [1.82, 2.24) is 5.32 Å². The van der Waals surface area contributed by atoms with Gasteiger partial charge in [0.1, 0.15) is 11.9 Å². The summed E-state index contributed by atoms with van der Waals surface area (Å²) in [7, 11) is 0. The quantitative estimate of drug-likeness (QED) is 0.857. The number of carbonyl (C=O) groups excluding carboxylic acids is 2. The van der Waals surface area contributed by atoms with Crippen LogP contribution in [0.4, 0.5) is 4.39 Å². The molecule has 0 aromatic heterocycles. The lowest BCUT2D eigenvalue weighted by molar-refractivity contribution is -0.147. The second-order valence-electron chi connectivity index (χ2n) is 4.92. The Morgan fingerprint density at radius 2 is 2.15 bits per heavy atom. The Morgan fingerprint density at radius 3 is 2.75 bits per heavy atom. The summed E-state index contributed by atoms with van der Waals surface area (Å²) >= 11 is 0. The van der Waals surface area contributed by atoms with Crippen LogP contribution in [0.15, 0.2) is 24.3 Å². The molecule has 2 atom stereocenters. The summed E-state index contributed by atoms with van der Waals surface area (Å²) in [5.41, 5.74) is -0.492. The van der Waals surface area contributed by atoms with E-state index in [9.17, 15) is 14.0 Å². The number of ether oxygens (including phenoxy) is 1. The minimum Gasteiger partial charge on any atom is -0.464 e. The zero-order chi connectivity index (χ0) is 14.8. The second kappa shape index (κ2) is 5.61.